The van der Waals surface area contributed by atoms with Crippen LogP contribution >= 0.6 is 0 Å². The van der Waals surface area contributed by atoms with E-state index < -0.39 is 0 Å². The quantitative estimate of drug-likeness (QED) is 0.809. The van der Waals surface area contributed by atoms with Crippen LogP contribution < -0.4 is 9.64 Å². The van der Waals surface area contributed by atoms with E-state index in [0.29, 0.717) is 6.10 Å². The van der Waals surface area contributed by atoms with Gasteiger partial charge in [0, 0.05) is 45.0 Å². The third-order valence-electron chi connectivity index (χ3n) is 6.19. The summed E-state index contributed by atoms with van der Waals surface area (Å²) in [5, 5.41) is 1.03. The average Bonchev–Trinajstić information content (AvgIpc) is 3.18. The van der Waals surface area contributed by atoms with Crippen molar-refractivity contribution in [1.29, 1.82) is 0 Å². The Hall–Kier alpha value is -1.92. The molecule has 6 nitrogen and oxygen atoms in total. The molecule has 3 heterocycles. The molecule has 1 aliphatic carbocycles. The van der Waals surface area contributed by atoms with Gasteiger partial charge in [-0.3, -0.25) is 4.90 Å². The van der Waals surface area contributed by atoms with Gasteiger partial charge >= 0.3 is 0 Å². The molecule has 0 bridgehead atoms. The van der Waals surface area contributed by atoms with Crippen molar-refractivity contribution in [3.63, 3.8) is 0 Å². The van der Waals surface area contributed by atoms with Gasteiger partial charge in [-0.15, -0.1) is 0 Å². The van der Waals surface area contributed by atoms with Gasteiger partial charge in [-0.2, -0.15) is 0 Å². The maximum Gasteiger partial charge on any atom is 0.224 e. The number of hydrogen-bond donors (Lipinski definition) is 0. The summed E-state index contributed by atoms with van der Waals surface area (Å²) in [6, 6.07) is 6.49. The molecule has 5 rings (SSSR count). The van der Waals surface area contributed by atoms with Crippen molar-refractivity contribution < 1.29 is 9.47 Å². The molecule has 0 amide bonds. The number of benzene rings is 1. The monoisotopic (exact) mass is 368 g/mol. The SMILES string of the molecule is c1nc(OC2CCC2)c2cc(N3CCN(CC4CCOC4)CC3)ccc2n1. The average molecular weight is 368 g/mol. The predicted molar refractivity (Wildman–Crippen MR) is 105 cm³/mol. The molecule has 1 aromatic heterocycles. The molecule has 1 atom stereocenters. The fourth-order valence-corrected chi connectivity index (χ4v) is 4.24. The fourth-order valence-electron chi connectivity index (χ4n) is 4.24. The standard InChI is InChI=1S/C21H28N4O2/c1-2-18(3-1)27-21-19-12-17(4-5-20(19)22-15-23-21)25-9-7-24(8-10-25)13-16-6-11-26-14-16/h4-5,12,15-16,18H,1-3,6-11,13-14H2. The van der Waals surface area contributed by atoms with E-state index in [-0.39, 0.29) is 0 Å². The Kier molecular flexibility index (Phi) is 4.84. The van der Waals surface area contributed by atoms with Crippen LogP contribution in [-0.4, -0.2) is 66.9 Å². The normalized spacial score (nSPS) is 24.3. The van der Waals surface area contributed by atoms with Crippen molar-refractivity contribution in [3.8, 4) is 5.88 Å². The molecular formula is C21H28N4O2. The van der Waals surface area contributed by atoms with Gasteiger partial charge in [-0.1, -0.05) is 0 Å². The van der Waals surface area contributed by atoms with E-state index >= 15 is 0 Å². The van der Waals surface area contributed by atoms with E-state index in [2.05, 4.69) is 38.0 Å². The number of anilines is 1. The summed E-state index contributed by atoms with van der Waals surface area (Å²) in [4.78, 5) is 13.9. The molecule has 0 N–H and O–H groups in total. The van der Waals surface area contributed by atoms with Crippen LogP contribution in [0.2, 0.25) is 0 Å². The van der Waals surface area contributed by atoms with Crippen LogP contribution in [0.3, 0.4) is 0 Å². The van der Waals surface area contributed by atoms with E-state index in [1.807, 2.05) is 0 Å². The first kappa shape index (κ1) is 17.2. The number of rotatable bonds is 5. The second-order valence-corrected chi connectivity index (χ2v) is 8.07. The van der Waals surface area contributed by atoms with Gasteiger partial charge in [0.2, 0.25) is 5.88 Å². The summed E-state index contributed by atoms with van der Waals surface area (Å²) in [7, 11) is 0. The summed E-state index contributed by atoms with van der Waals surface area (Å²) >= 11 is 0. The first-order chi connectivity index (χ1) is 13.3. The molecule has 0 radical (unpaired) electrons. The molecule has 1 saturated carbocycles. The Morgan fingerprint density at radius 2 is 1.96 bits per heavy atom. The number of aromatic nitrogens is 2. The van der Waals surface area contributed by atoms with Crippen LogP contribution in [0.1, 0.15) is 25.7 Å². The number of fused-ring (bicyclic) bond motifs is 1. The molecule has 144 valence electrons. The fraction of sp³-hybridized carbons (Fsp3) is 0.619. The molecule has 1 aromatic carbocycles. The van der Waals surface area contributed by atoms with Crippen LogP contribution in [-0.2, 0) is 4.74 Å². The first-order valence-corrected chi connectivity index (χ1v) is 10.3. The van der Waals surface area contributed by atoms with Gasteiger partial charge in [0.05, 0.1) is 17.5 Å². The van der Waals surface area contributed by atoms with Crippen LogP contribution in [0.5, 0.6) is 5.88 Å². The van der Waals surface area contributed by atoms with E-state index in [1.54, 1.807) is 6.33 Å². The Morgan fingerprint density at radius 3 is 2.70 bits per heavy atom. The lowest BCUT2D eigenvalue weighted by Gasteiger charge is -2.37. The van der Waals surface area contributed by atoms with Crippen molar-refractivity contribution in [3.05, 3.63) is 24.5 Å². The topological polar surface area (TPSA) is 50.7 Å². The van der Waals surface area contributed by atoms with Gasteiger partial charge in [-0.05, 0) is 49.8 Å². The van der Waals surface area contributed by atoms with E-state index in [0.717, 1.165) is 74.9 Å². The highest BCUT2D eigenvalue weighted by molar-refractivity contribution is 5.86. The maximum atomic E-state index is 6.11. The van der Waals surface area contributed by atoms with Crippen molar-refractivity contribution in [2.24, 2.45) is 5.92 Å². The number of ether oxygens (including phenoxy) is 2. The number of piperazine rings is 1. The first-order valence-electron chi connectivity index (χ1n) is 10.3. The van der Waals surface area contributed by atoms with Crippen LogP contribution in [0.25, 0.3) is 10.9 Å². The van der Waals surface area contributed by atoms with E-state index in [9.17, 15) is 0 Å². The summed E-state index contributed by atoms with van der Waals surface area (Å²) in [6.07, 6.45) is 6.69. The van der Waals surface area contributed by atoms with Gasteiger partial charge < -0.3 is 14.4 Å². The molecule has 0 spiro atoms. The summed E-state index contributed by atoms with van der Waals surface area (Å²) in [5.41, 5.74) is 2.21. The highest BCUT2D eigenvalue weighted by Crippen LogP contribution is 2.31. The zero-order valence-corrected chi connectivity index (χ0v) is 15.8. The smallest absolute Gasteiger partial charge is 0.224 e. The lowest BCUT2D eigenvalue weighted by molar-refractivity contribution is 0.116. The third kappa shape index (κ3) is 3.73. The zero-order chi connectivity index (χ0) is 18.1. The summed E-state index contributed by atoms with van der Waals surface area (Å²) in [6.45, 7) is 7.41. The van der Waals surface area contributed by atoms with Gasteiger partial charge in [0.1, 0.15) is 12.4 Å². The third-order valence-corrected chi connectivity index (χ3v) is 6.19. The lowest BCUT2D eigenvalue weighted by atomic mass is 9.96. The highest BCUT2D eigenvalue weighted by atomic mass is 16.5. The van der Waals surface area contributed by atoms with Crippen LogP contribution in [0, 0.1) is 5.92 Å². The molecular weight excluding hydrogens is 340 g/mol. The van der Waals surface area contributed by atoms with Crippen molar-refractivity contribution >= 4 is 16.6 Å². The molecule has 1 unspecified atom stereocenters. The van der Waals surface area contributed by atoms with Crippen molar-refractivity contribution in [1.82, 2.24) is 14.9 Å². The van der Waals surface area contributed by atoms with Crippen LogP contribution in [0.4, 0.5) is 5.69 Å². The number of nitrogens with zero attached hydrogens (tertiary/aromatic N) is 4. The largest absolute Gasteiger partial charge is 0.474 e. The van der Waals surface area contributed by atoms with Crippen molar-refractivity contribution in [2.75, 3.05) is 50.8 Å². The molecule has 2 aliphatic heterocycles. The molecule has 2 aromatic rings. The Morgan fingerprint density at radius 1 is 1.07 bits per heavy atom. The minimum absolute atomic E-state index is 0.329. The second-order valence-electron chi connectivity index (χ2n) is 8.07. The van der Waals surface area contributed by atoms with Crippen LogP contribution in [0.15, 0.2) is 24.5 Å². The summed E-state index contributed by atoms with van der Waals surface area (Å²) < 4.78 is 11.6. The molecule has 2 saturated heterocycles. The zero-order valence-electron chi connectivity index (χ0n) is 15.8. The maximum absolute atomic E-state index is 6.11. The molecule has 6 heteroatoms. The second kappa shape index (κ2) is 7.60. The van der Waals surface area contributed by atoms with E-state index in [4.69, 9.17) is 9.47 Å². The molecule has 3 fully saturated rings. The molecule has 27 heavy (non-hydrogen) atoms. The molecule has 3 aliphatic rings. The number of hydrogen-bond acceptors (Lipinski definition) is 6. The van der Waals surface area contributed by atoms with Crippen molar-refractivity contribution in [2.45, 2.75) is 31.8 Å². The van der Waals surface area contributed by atoms with Gasteiger partial charge in [-0.25, -0.2) is 9.97 Å². The minimum Gasteiger partial charge on any atom is -0.474 e. The lowest BCUT2D eigenvalue weighted by Crippen LogP contribution is -2.47. The predicted octanol–water partition coefficient (Wildman–Crippen LogP) is 2.72. The Bertz CT molecular complexity index is 781. The van der Waals surface area contributed by atoms with Gasteiger partial charge in [0.15, 0.2) is 0 Å². The minimum atomic E-state index is 0.329. The summed E-state index contributed by atoms with van der Waals surface area (Å²) in [5.74, 6) is 1.46. The highest BCUT2D eigenvalue weighted by Gasteiger charge is 2.24. The Labute approximate surface area is 160 Å². The van der Waals surface area contributed by atoms with E-state index in [1.165, 1.54) is 25.1 Å². The Balaban J connectivity index is 1.28. The van der Waals surface area contributed by atoms with Gasteiger partial charge in [0.25, 0.3) is 0 Å².